The molecule has 0 spiro atoms. The summed E-state index contributed by atoms with van der Waals surface area (Å²) in [6, 6.07) is 2.25. The molecule has 0 aromatic carbocycles. The van der Waals surface area contributed by atoms with Crippen LogP contribution in [0.1, 0.15) is 25.0 Å². The van der Waals surface area contributed by atoms with E-state index in [4.69, 9.17) is 10.2 Å². The Bertz CT molecular complexity index is 329. The lowest BCUT2D eigenvalue weighted by Gasteiger charge is -2.16. The zero-order chi connectivity index (χ0) is 9.26. The van der Waals surface area contributed by atoms with Crippen LogP contribution in [0.3, 0.4) is 0 Å². The summed E-state index contributed by atoms with van der Waals surface area (Å²) in [5.41, 5.74) is 7.08. The van der Waals surface area contributed by atoms with E-state index < -0.39 is 0 Å². The molecule has 0 saturated carbocycles. The lowest BCUT2D eigenvalue weighted by Crippen LogP contribution is -2.21. The number of halogens is 1. The van der Waals surface area contributed by atoms with E-state index in [0.29, 0.717) is 6.04 Å². The smallest absolute Gasteiger partial charge is 0.143 e. The van der Waals surface area contributed by atoms with E-state index in [0.717, 1.165) is 29.5 Å². The summed E-state index contributed by atoms with van der Waals surface area (Å²) < 4.78 is 6.42. The van der Waals surface area contributed by atoms with E-state index in [9.17, 15) is 0 Å². The molecule has 1 aliphatic carbocycles. The van der Waals surface area contributed by atoms with E-state index in [-0.39, 0.29) is 0 Å². The molecular weight excluding hydrogens is 230 g/mol. The van der Waals surface area contributed by atoms with Gasteiger partial charge in [-0.3, -0.25) is 0 Å². The molecule has 0 radical (unpaired) electrons. The van der Waals surface area contributed by atoms with E-state index in [1.54, 1.807) is 6.26 Å². The maximum Gasteiger partial charge on any atom is 0.143 e. The molecule has 70 valence electrons. The fourth-order valence-electron chi connectivity index (χ4n) is 1.58. The van der Waals surface area contributed by atoms with Crippen molar-refractivity contribution in [3.63, 3.8) is 0 Å². The van der Waals surface area contributed by atoms with E-state index >= 15 is 0 Å². The highest BCUT2D eigenvalue weighted by Crippen LogP contribution is 2.31. The number of allylic oxidation sites excluding steroid dienone is 1. The standard InChI is InChI=1S/C10H12BrNO/c11-9-5-6-13-10(9)7-1-3-8(12)4-2-7/h1,5-6,8H,2-4,12H2. The van der Waals surface area contributed by atoms with E-state index in [1.165, 1.54) is 5.57 Å². The molecule has 2 rings (SSSR count). The van der Waals surface area contributed by atoms with Crippen LogP contribution in [0, 0.1) is 0 Å². The van der Waals surface area contributed by atoms with Crippen molar-refractivity contribution in [3.05, 3.63) is 28.6 Å². The van der Waals surface area contributed by atoms with Crippen molar-refractivity contribution in [2.24, 2.45) is 5.73 Å². The average molecular weight is 242 g/mol. The second kappa shape index (κ2) is 3.68. The Hall–Kier alpha value is -0.540. The van der Waals surface area contributed by atoms with E-state index in [1.807, 2.05) is 6.07 Å². The van der Waals surface area contributed by atoms with Gasteiger partial charge in [-0.25, -0.2) is 0 Å². The van der Waals surface area contributed by atoms with Crippen molar-refractivity contribution < 1.29 is 4.42 Å². The van der Waals surface area contributed by atoms with Crippen molar-refractivity contribution in [2.45, 2.75) is 25.3 Å². The van der Waals surface area contributed by atoms with Crippen molar-refractivity contribution in [1.29, 1.82) is 0 Å². The van der Waals surface area contributed by atoms with Crippen molar-refractivity contribution in [2.75, 3.05) is 0 Å². The normalized spacial score (nSPS) is 22.9. The summed E-state index contributed by atoms with van der Waals surface area (Å²) in [4.78, 5) is 0. The molecule has 1 unspecified atom stereocenters. The maximum absolute atomic E-state index is 5.80. The topological polar surface area (TPSA) is 39.2 Å². The van der Waals surface area contributed by atoms with Gasteiger partial charge < -0.3 is 10.2 Å². The Morgan fingerprint density at radius 2 is 2.38 bits per heavy atom. The van der Waals surface area contributed by atoms with Crippen LogP contribution in [0.4, 0.5) is 0 Å². The molecule has 1 aromatic heterocycles. The first-order valence-corrected chi connectivity index (χ1v) is 5.24. The number of rotatable bonds is 1. The summed E-state index contributed by atoms with van der Waals surface area (Å²) >= 11 is 3.45. The molecule has 0 fully saturated rings. The summed E-state index contributed by atoms with van der Waals surface area (Å²) in [6.45, 7) is 0. The van der Waals surface area contributed by atoms with Gasteiger partial charge in [0.2, 0.25) is 0 Å². The van der Waals surface area contributed by atoms with Gasteiger partial charge in [-0.2, -0.15) is 0 Å². The van der Waals surface area contributed by atoms with Crippen LogP contribution in [0.2, 0.25) is 0 Å². The van der Waals surface area contributed by atoms with Gasteiger partial charge in [0.25, 0.3) is 0 Å². The summed E-state index contributed by atoms with van der Waals surface area (Å²) in [5.74, 6) is 0.965. The quantitative estimate of drug-likeness (QED) is 0.822. The first-order valence-electron chi connectivity index (χ1n) is 4.45. The molecule has 0 amide bonds. The largest absolute Gasteiger partial charge is 0.463 e. The van der Waals surface area contributed by atoms with Crippen LogP contribution in [-0.2, 0) is 0 Å². The average Bonchev–Trinajstić information content (AvgIpc) is 2.53. The monoisotopic (exact) mass is 241 g/mol. The number of hydrogen-bond acceptors (Lipinski definition) is 2. The number of hydrogen-bond donors (Lipinski definition) is 1. The molecule has 0 aliphatic heterocycles. The Labute approximate surface area is 85.9 Å². The van der Waals surface area contributed by atoms with Gasteiger partial charge in [0, 0.05) is 6.04 Å². The van der Waals surface area contributed by atoms with Crippen LogP contribution >= 0.6 is 15.9 Å². The summed E-state index contributed by atoms with van der Waals surface area (Å²) in [5, 5.41) is 0. The molecule has 13 heavy (non-hydrogen) atoms. The lowest BCUT2D eigenvalue weighted by molar-refractivity contribution is 0.537. The summed E-state index contributed by atoms with van der Waals surface area (Å²) in [7, 11) is 0. The minimum atomic E-state index is 0.331. The molecule has 1 heterocycles. The second-order valence-electron chi connectivity index (χ2n) is 3.36. The van der Waals surface area contributed by atoms with Crippen LogP contribution in [0.25, 0.3) is 5.57 Å². The van der Waals surface area contributed by atoms with Gasteiger partial charge in [0.1, 0.15) is 5.76 Å². The van der Waals surface area contributed by atoms with Gasteiger partial charge in [-0.05, 0) is 46.8 Å². The molecule has 2 nitrogen and oxygen atoms in total. The number of nitrogens with two attached hydrogens (primary N) is 1. The molecule has 1 atom stereocenters. The predicted octanol–water partition coefficient (Wildman–Crippen LogP) is 2.94. The molecule has 1 aliphatic rings. The maximum atomic E-state index is 5.80. The Kier molecular flexibility index (Phi) is 2.56. The minimum absolute atomic E-state index is 0.331. The highest BCUT2D eigenvalue weighted by molar-refractivity contribution is 9.10. The Balaban J connectivity index is 2.23. The van der Waals surface area contributed by atoms with Gasteiger partial charge >= 0.3 is 0 Å². The Morgan fingerprint density at radius 1 is 1.54 bits per heavy atom. The second-order valence-corrected chi connectivity index (χ2v) is 4.22. The third-order valence-electron chi connectivity index (χ3n) is 2.36. The third-order valence-corrected chi connectivity index (χ3v) is 2.98. The van der Waals surface area contributed by atoms with Crippen LogP contribution in [0.15, 0.2) is 27.3 Å². The van der Waals surface area contributed by atoms with Gasteiger partial charge in [-0.1, -0.05) is 6.08 Å². The molecule has 3 heteroatoms. The van der Waals surface area contributed by atoms with Crippen molar-refractivity contribution >= 4 is 21.5 Å². The van der Waals surface area contributed by atoms with Crippen molar-refractivity contribution in [1.82, 2.24) is 0 Å². The zero-order valence-electron chi connectivity index (χ0n) is 7.29. The fraction of sp³-hybridized carbons (Fsp3) is 0.400. The fourth-order valence-corrected chi connectivity index (χ4v) is 2.04. The Morgan fingerprint density at radius 3 is 2.92 bits per heavy atom. The SMILES string of the molecule is NC1CC=C(c2occc2Br)CC1. The lowest BCUT2D eigenvalue weighted by atomic mass is 9.94. The summed E-state index contributed by atoms with van der Waals surface area (Å²) in [6.07, 6.45) is 6.92. The first-order chi connectivity index (χ1) is 6.27. The van der Waals surface area contributed by atoms with Gasteiger partial charge in [0.15, 0.2) is 0 Å². The van der Waals surface area contributed by atoms with Gasteiger partial charge in [-0.15, -0.1) is 0 Å². The first kappa shape index (κ1) is 9.03. The van der Waals surface area contributed by atoms with E-state index in [2.05, 4.69) is 22.0 Å². The molecular formula is C10H12BrNO. The highest BCUT2D eigenvalue weighted by Gasteiger charge is 2.15. The number of furan rings is 1. The van der Waals surface area contributed by atoms with Crippen LogP contribution in [-0.4, -0.2) is 6.04 Å². The predicted molar refractivity (Wildman–Crippen MR) is 56.2 cm³/mol. The molecule has 0 bridgehead atoms. The van der Waals surface area contributed by atoms with Crippen LogP contribution < -0.4 is 5.73 Å². The van der Waals surface area contributed by atoms with Crippen molar-refractivity contribution in [3.8, 4) is 0 Å². The minimum Gasteiger partial charge on any atom is -0.463 e. The zero-order valence-corrected chi connectivity index (χ0v) is 8.88. The van der Waals surface area contributed by atoms with Gasteiger partial charge in [0.05, 0.1) is 10.7 Å². The molecule has 1 aromatic rings. The van der Waals surface area contributed by atoms with Crippen LogP contribution in [0.5, 0.6) is 0 Å². The molecule has 2 N–H and O–H groups in total. The third kappa shape index (κ3) is 1.86. The highest BCUT2D eigenvalue weighted by atomic mass is 79.9. The molecule has 0 saturated heterocycles.